The third kappa shape index (κ3) is 2.51. The van der Waals surface area contributed by atoms with E-state index in [9.17, 15) is 0 Å². The van der Waals surface area contributed by atoms with Gasteiger partial charge in [0.1, 0.15) is 0 Å². The second-order valence-electron chi connectivity index (χ2n) is 6.96. The molecule has 0 saturated heterocycles. The van der Waals surface area contributed by atoms with Crippen LogP contribution in [0.3, 0.4) is 0 Å². The molecule has 1 unspecified atom stereocenters. The van der Waals surface area contributed by atoms with Crippen molar-refractivity contribution in [2.45, 2.75) is 57.0 Å². The van der Waals surface area contributed by atoms with Gasteiger partial charge in [0.15, 0.2) is 0 Å². The highest BCUT2D eigenvalue weighted by atomic mass is 15.2. The van der Waals surface area contributed by atoms with E-state index in [-0.39, 0.29) is 0 Å². The lowest BCUT2D eigenvalue weighted by molar-refractivity contribution is 0.0576. The average Bonchev–Trinajstić information content (AvgIpc) is 2.83. The molecule has 0 radical (unpaired) electrons. The predicted molar refractivity (Wildman–Crippen MR) is 85.2 cm³/mol. The van der Waals surface area contributed by atoms with Gasteiger partial charge in [-0.1, -0.05) is 18.2 Å². The standard InChI is InChI=1S/C18H28N2/c1-14(19-13-18(20(2)3)10-5-11-18)16-9-8-15-6-4-7-17(15)12-16/h8-9,12,14,19H,4-7,10-11,13H2,1-3H3. The summed E-state index contributed by atoms with van der Waals surface area (Å²) < 4.78 is 0. The lowest BCUT2D eigenvalue weighted by Crippen LogP contribution is -2.56. The molecule has 1 aromatic rings. The van der Waals surface area contributed by atoms with Gasteiger partial charge in [-0.25, -0.2) is 0 Å². The minimum atomic E-state index is 0.408. The predicted octanol–water partition coefficient (Wildman–Crippen LogP) is 3.31. The van der Waals surface area contributed by atoms with Gasteiger partial charge in [0.2, 0.25) is 0 Å². The number of hydrogen-bond donors (Lipinski definition) is 1. The summed E-state index contributed by atoms with van der Waals surface area (Å²) in [4.78, 5) is 2.42. The zero-order valence-corrected chi connectivity index (χ0v) is 13.2. The molecule has 1 aromatic carbocycles. The first kappa shape index (κ1) is 14.1. The molecule has 1 saturated carbocycles. The maximum atomic E-state index is 3.77. The Bertz CT molecular complexity index is 474. The third-order valence-electron chi connectivity index (χ3n) is 5.59. The third-order valence-corrected chi connectivity index (χ3v) is 5.59. The quantitative estimate of drug-likeness (QED) is 0.884. The van der Waals surface area contributed by atoms with Crippen LogP contribution >= 0.6 is 0 Å². The molecule has 110 valence electrons. The lowest BCUT2D eigenvalue weighted by Gasteiger charge is -2.48. The van der Waals surface area contributed by atoms with Crippen molar-refractivity contribution in [1.82, 2.24) is 10.2 Å². The molecule has 20 heavy (non-hydrogen) atoms. The number of nitrogens with one attached hydrogen (secondary N) is 1. The van der Waals surface area contributed by atoms with Crippen molar-refractivity contribution in [3.8, 4) is 0 Å². The summed E-state index contributed by atoms with van der Waals surface area (Å²) in [6.07, 6.45) is 7.95. The Hall–Kier alpha value is -0.860. The van der Waals surface area contributed by atoms with Crippen LogP contribution < -0.4 is 5.32 Å². The van der Waals surface area contributed by atoms with E-state index in [0.29, 0.717) is 11.6 Å². The monoisotopic (exact) mass is 272 g/mol. The molecule has 2 nitrogen and oxygen atoms in total. The average molecular weight is 272 g/mol. The normalized spacial score (nSPS) is 21.6. The lowest BCUT2D eigenvalue weighted by atomic mass is 9.75. The van der Waals surface area contributed by atoms with Crippen LogP contribution in [0.25, 0.3) is 0 Å². The molecule has 2 heteroatoms. The fourth-order valence-electron chi connectivity index (χ4n) is 3.69. The van der Waals surface area contributed by atoms with Gasteiger partial charge in [-0.05, 0) is 76.2 Å². The maximum Gasteiger partial charge on any atom is 0.0328 e. The summed E-state index contributed by atoms with van der Waals surface area (Å²) in [6, 6.07) is 7.56. The van der Waals surface area contributed by atoms with Crippen LogP contribution in [0.5, 0.6) is 0 Å². The summed E-state index contributed by atoms with van der Waals surface area (Å²) in [5.41, 5.74) is 5.02. The number of likely N-dealkylation sites (N-methyl/N-ethyl adjacent to an activating group) is 1. The molecule has 0 aromatic heterocycles. The topological polar surface area (TPSA) is 15.3 Å². The molecule has 0 spiro atoms. The first-order chi connectivity index (χ1) is 9.61. The molecule has 2 aliphatic carbocycles. The fraction of sp³-hybridized carbons (Fsp3) is 0.667. The van der Waals surface area contributed by atoms with E-state index in [1.165, 1.54) is 44.1 Å². The molecule has 0 bridgehead atoms. The molecule has 0 aliphatic heterocycles. The van der Waals surface area contributed by atoms with Crippen LogP contribution in [0.2, 0.25) is 0 Å². The number of benzene rings is 1. The van der Waals surface area contributed by atoms with E-state index < -0.39 is 0 Å². The van der Waals surface area contributed by atoms with Crippen LogP contribution in [0.1, 0.15) is 55.3 Å². The van der Waals surface area contributed by atoms with Gasteiger partial charge in [0, 0.05) is 18.1 Å². The zero-order chi connectivity index (χ0) is 14.2. The van der Waals surface area contributed by atoms with Gasteiger partial charge in [-0.15, -0.1) is 0 Å². The molecule has 0 heterocycles. The highest BCUT2D eigenvalue weighted by Gasteiger charge is 2.38. The van der Waals surface area contributed by atoms with Crippen molar-refractivity contribution < 1.29 is 0 Å². The summed E-state index contributed by atoms with van der Waals surface area (Å²) in [7, 11) is 4.45. The Morgan fingerprint density at radius 1 is 1.15 bits per heavy atom. The number of aryl methyl sites for hydroxylation is 2. The van der Waals surface area contributed by atoms with Crippen LogP contribution in [0, 0.1) is 0 Å². The fourth-order valence-corrected chi connectivity index (χ4v) is 3.69. The largest absolute Gasteiger partial charge is 0.308 e. The van der Waals surface area contributed by atoms with Crippen LogP contribution in [-0.4, -0.2) is 31.1 Å². The summed E-state index contributed by atoms with van der Waals surface area (Å²) in [6.45, 7) is 3.41. The van der Waals surface area contributed by atoms with Crippen molar-refractivity contribution >= 4 is 0 Å². The van der Waals surface area contributed by atoms with Gasteiger partial charge in [0.25, 0.3) is 0 Å². The Kier molecular flexibility index (Phi) is 3.87. The summed E-state index contributed by atoms with van der Waals surface area (Å²) in [5.74, 6) is 0. The van der Waals surface area contributed by atoms with Gasteiger partial charge >= 0.3 is 0 Å². The molecule has 3 rings (SSSR count). The van der Waals surface area contributed by atoms with Crippen molar-refractivity contribution in [2.24, 2.45) is 0 Å². The second kappa shape index (κ2) is 5.50. The van der Waals surface area contributed by atoms with Crippen molar-refractivity contribution in [2.75, 3.05) is 20.6 Å². The molecule has 1 fully saturated rings. The Morgan fingerprint density at radius 3 is 2.55 bits per heavy atom. The van der Waals surface area contributed by atoms with Crippen molar-refractivity contribution in [1.29, 1.82) is 0 Å². The number of hydrogen-bond acceptors (Lipinski definition) is 2. The van der Waals surface area contributed by atoms with Gasteiger partial charge < -0.3 is 10.2 Å². The second-order valence-corrected chi connectivity index (χ2v) is 6.96. The molecule has 0 amide bonds. The van der Waals surface area contributed by atoms with E-state index in [4.69, 9.17) is 0 Å². The van der Waals surface area contributed by atoms with Crippen molar-refractivity contribution in [3.63, 3.8) is 0 Å². The van der Waals surface area contributed by atoms with E-state index in [1.54, 1.807) is 11.1 Å². The highest BCUT2D eigenvalue weighted by Crippen LogP contribution is 2.36. The Balaban J connectivity index is 1.63. The van der Waals surface area contributed by atoms with E-state index >= 15 is 0 Å². The Morgan fingerprint density at radius 2 is 1.90 bits per heavy atom. The number of rotatable bonds is 5. The minimum absolute atomic E-state index is 0.408. The van der Waals surface area contributed by atoms with Gasteiger partial charge in [-0.2, -0.15) is 0 Å². The smallest absolute Gasteiger partial charge is 0.0328 e. The maximum absolute atomic E-state index is 3.77. The van der Waals surface area contributed by atoms with Gasteiger partial charge in [0.05, 0.1) is 0 Å². The zero-order valence-electron chi connectivity index (χ0n) is 13.2. The number of nitrogens with zero attached hydrogens (tertiary/aromatic N) is 1. The van der Waals surface area contributed by atoms with Crippen LogP contribution in [0.4, 0.5) is 0 Å². The first-order valence-corrected chi connectivity index (χ1v) is 8.13. The van der Waals surface area contributed by atoms with Crippen LogP contribution in [-0.2, 0) is 12.8 Å². The highest BCUT2D eigenvalue weighted by molar-refractivity contribution is 5.36. The van der Waals surface area contributed by atoms with Crippen molar-refractivity contribution in [3.05, 3.63) is 34.9 Å². The SMILES string of the molecule is CC(NCC1(N(C)C)CCC1)c1ccc2c(c1)CCC2. The molecular weight excluding hydrogens is 244 g/mol. The van der Waals surface area contributed by atoms with Gasteiger partial charge in [-0.3, -0.25) is 0 Å². The Labute approximate surface area is 123 Å². The van der Waals surface area contributed by atoms with E-state index in [1.807, 2.05) is 0 Å². The van der Waals surface area contributed by atoms with E-state index in [0.717, 1.165) is 6.54 Å². The number of fused-ring (bicyclic) bond motifs is 1. The summed E-state index contributed by atoms with van der Waals surface area (Å²) >= 11 is 0. The molecule has 2 aliphatic rings. The molecule has 1 N–H and O–H groups in total. The molecule has 1 atom stereocenters. The van der Waals surface area contributed by atoms with Crippen LogP contribution in [0.15, 0.2) is 18.2 Å². The first-order valence-electron chi connectivity index (χ1n) is 8.13. The summed E-state index contributed by atoms with van der Waals surface area (Å²) in [5, 5.41) is 3.77. The molecular formula is C18H28N2. The van der Waals surface area contributed by atoms with E-state index in [2.05, 4.69) is 49.4 Å². The minimum Gasteiger partial charge on any atom is -0.308 e.